The first kappa shape index (κ1) is 8.20. The van der Waals surface area contributed by atoms with E-state index in [0.717, 1.165) is 13.0 Å². The van der Waals surface area contributed by atoms with Gasteiger partial charge < -0.3 is 9.47 Å². The summed E-state index contributed by atoms with van der Waals surface area (Å²) >= 11 is 0. The zero-order chi connectivity index (χ0) is 8.55. The molecule has 3 heteroatoms. The molecule has 0 aromatic rings. The van der Waals surface area contributed by atoms with Crippen LogP contribution >= 0.6 is 0 Å². The summed E-state index contributed by atoms with van der Waals surface area (Å²) in [6, 6.07) is 0. The smallest absolute Gasteiger partial charge is 0.161 e. The molecule has 1 heterocycles. The molecular formula is C9H14O3. The van der Waals surface area contributed by atoms with Gasteiger partial charge in [0.25, 0.3) is 0 Å². The number of rotatable bonds is 2. The summed E-state index contributed by atoms with van der Waals surface area (Å²) < 4.78 is 10.4. The monoisotopic (exact) mass is 170 g/mol. The number of methoxy groups -OCH3 is 1. The van der Waals surface area contributed by atoms with Crippen molar-refractivity contribution in [1.29, 1.82) is 0 Å². The second-order valence-electron chi connectivity index (χ2n) is 3.70. The van der Waals surface area contributed by atoms with Crippen LogP contribution in [0.4, 0.5) is 0 Å². The van der Waals surface area contributed by atoms with Gasteiger partial charge in [-0.2, -0.15) is 0 Å². The van der Waals surface area contributed by atoms with Crippen LogP contribution in [-0.4, -0.2) is 32.2 Å². The van der Waals surface area contributed by atoms with E-state index in [4.69, 9.17) is 9.47 Å². The molecule has 1 saturated carbocycles. The molecule has 2 rings (SSSR count). The lowest BCUT2D eigenvalue weighted by Crippen LogP contribution is -2.31. The van der Waals surface area contributed by atoms with Crippen molar-refractivity contribution >= 4 is 5.78 Å². The number of ketones is 1. The van der Waals surface area contributed by atoms with Gasteiger partial charge >= 0.3 is 0 Å². The van der Waals surface area contributed by atoms with E-state index in [1.54, 1.807) is 7.11 Å². The fourth-order valence-electron chi connectivity index (χ4n) is 2.17. The summed E-state index contributed by atoms with van der Waals surface area (Å²) in [6.45, 7) is 1.46. The molecule has 3 unspecified atom stereocenters. The Bertz CT molecular complexity index is 190. The Morgan fingerprint density at radius 1 is 1.67 bits per heavy atom. The number of hydrogen-bond donors (Lipinski definition) is 0. The minimum atomic E-state index is -0.0805. The molecule has 3 atom stereocenters. The maximum Gasteiger partial charge on any atom is 0.161 e. The fourth-order valence-corrected chi connectivity index (χ4v) is 2.17. The highest BCUT2D eigenvalue weighted by Crippen LogP contribution is 2.35. The van der Waals surface area contributed by atoms with Crippen LogP contribution in [0.3, 0.4) is 0 Å². The predicted molar refractivity (Wildman–Crippen MR) is 42.8 cm³/mol. The summed E-state index contributed by atoms with van der Waals surface area (Å²) in [7, 11) is 1.69. The highest BCUT2D eigenvalue weighted by Gasteiger charge is 2.41. The third-order valence-electron chi connectivity index (χ3n) is 2.90. The summed E-state index contributed by atoms with van der Waals surface area (Å²) in [6.07, 6.45) is 1.50. The first-order valence-electron chi connectivity index (χ1n) is 4.44. The summed E-state index contributed by atoms with van der Waals surface area (Å²) in [5.41, 5.74) is 0. The highest BCUT2D eigenvalue weighted by atomic mass is 16.5. The molecule has 0 amide bonds. The van der Waals surface area contributed by atoms with E-state index < -0.39 is 0 Å². The van der Waals surface area contributed by atoms with Crippen molar-refractivity contribution in [1.82, 2.24) is 0 Å². The van der Waals surface area contributed by atoms with Crippen LogP contribution < -0.4 is 0 Å². The summed E-state index contributed by atoms with van der Waals surface area (Å²) in [5.74, 6) is 1.24. The highest BCUT2D eigenvalue weighted by molar-refractivity contribution is 5.84. The fraction of sp³-hybridized carbons (Fsp3) is 0.889. The van der Waals surface area contributed by atoms with Crippen molar-refractivity contribution in [2.24, 2.45) is 11.8 Å². The molecule has 2 fully saturated rings. The Morgan fingerprint density at radius 2 is 2.50 bits per heavy atom. The van der Waals surface area contributed by atoms with Gasteiger partial charge in [0.2, 0.25) is 0 Å². The van der Waals surface area contributed by atoms with Gasteiger partial charge in [-0.15, -0.1) is 0 Å². The minimum absolute atomic E-state index is 0.0805. The Kier molecular flexibility index (Phi) is 2.15. The second-order valence-corrected chi connectivity index (χ2v) is 3.70. The van der Waals surface area contributed by atoms with Gasteiger partial charge in [0.15, 0.2) is 5.78 Å². The van der Waals surface area contributed by atoms with Crippen molar-refractivity contribution in [2.45, 2.75) is 18.9 Å². The van der Waals surface area contributed by atoms with Crippen LogP contribution in [0.15, 0.2) is 0 Å². The first-order valence-corrected chi connectivity index (χ1v) is 4.44. The molecule has 2 bridgehead atoms. The number of Topliss-reactive ketones (excluding diaryl/α,β-unsaturated/α-hetero) is 1. The molecular weight excluding hydrogens is 156 g/mol. The van der Waals surface area contributed by atoms with E-state index in [0.29, 0.717) is 24.9 Å². The van der Waals surface area contributed by atoms with Gasteiger partial charge in [-0.05, 0) is 18.3 Å². The Labute approximate surface area is 72.0 Å². The van der Waals surface area contributed by atoms with Crippen molar-refractivity contribution in [3.8, 4) is 0 Å². The SMILES string of the molecule is COCC1CC(=O)C2CC1CO2. The molecule has 0 radical (unpaired) electrons. The van der Waals surface area contributed by atoms with Crippen molar-refractivity contribution < 1.29 is 14.3 Å². The van der Waals surface area contributed by atoms with E-state index in [1.165, 1.54) is 0 Å². The third-order valence-corrected chi connectivity index (χ3v) is 2.90. The van der Waals surface area contributed by atoms with E-state index in [9.17, 15) is 4.79 Å². The van der Waals surface area contributed by atoms with E-state index in [1.807, 2.05) is 0 Å². The molecule has 2 aliphatic rings. The molecule has 0 aromatic heterocycles. The van der Waals surface area contributed by atoms with Gasteiger partial charge in [0.05, 0.1) is 6.61 Å². The molecule has 0 aromatic carbocycles. The number of carbonyl (C=O) groups is 1. The number of carbonyl (C=O) groups excluding carboxylic acids is 1. The number of ether oxygens (including phenoxy) is 2. The molecule has 1 aliphatic carbocycles. The summed E-state index contributed by atoms with van der Waals surface area (Å²) in [5, 5.41) is 0. The zero-order valence-electron chi connectivity index (χ0n) is 7.29. The molecule has 1 aliphatic heterocycles. The third kappa shape index (κ3) is 1.27. The van der Waals surface area contributed by atoms with E-state index in [-0.39, 0.29) is 11.9 Å². The maximum absolute atomic E-state index is 11.4. The standard InChI is InChI=1S/C9H14O3/c1-11-4-6-2-8(10)9-3-7(6)5-12-9/h6-7,9H,2-5H2,1H3. The normalized spacial score (nSPS) is 40.4. The van der Waals surface area contributed by atoms with Crippen molar-refractivity contribution in [3.63, 3.8) is 0 Å². The van der Waals surface area contributed by atoms with Gasteiger partial charge in [-0.1, -0.05) is 0 Å². The van der Waals surface area contributed by atoms with Gasteiger partial charge in [-0.3, -0.25) is 4.79 Å². The molecule has 3 nitrogen and oxygen atoms in total. The number of fused-ring (bicyclic) bond motifs is 2. The second kappa shape index (κ2) is 3.15. The average Bonchev–Trinajstić information content (AvgIpc) is 2.46. The Morgan fingerprint density at radius 3 is 3.25 bits per heavy atom. The largest absolute Gasteiger partial charge is 0.384 e. The van der Waals surface area contributed by atoms with E-state index >= 15 is 0 Å². The lowest BCUT2D eigenvalue weighted by molar-refractivity contribution is -0.129. The lowest BCUT2D eigenvalue weighted by atomic mass is 9.80. The zero-order valence-corrected chi connectivity index (χ0v) is 7.29. The molecule has 1 saturated heterocycles. The maximum atomic E-state index is 11.4. The average molecular weight is 170 g/mol. The molecule has 0 spiro atoms. The topological polar surface area (TPSA) is 35.5 Å². The van der Waals surface area contributed by atoms with Gasteiger partial charge in [0, 0.05) is 20.1 Å². The van der Waals surface area contributed by atoms with Crippen molar-refractivity contribution in [2.75, 3.05) is 20.3 Å². The van der Waals surface area contributed by atoms with Crippen LogP contribution in [0.5, 0.6) is 0 Å². The van der Waals surface area contributed by atoms with Crippen LogP contribution in [0.2, 0.25) is 0 Å². The van der Waals surface area contributed by atoms with Gasteiger partial charge in [-0.25, -0.2) is 0 Å². The van der Waals surface area contributed by atoms with Crippen molar-refractivity contribution in [3.05, 3.63) is 0 Å². The summed E-state index contributed by atoms with van der Waals surface area (Å²) in [4.78, 5) is 11.4. The predicted octanol–water partition coefficient (Wildman–Crippen LogP) is 0.627. The minimum Gasteiger partial charge on any atom is -0.384 e. The lowest BCUT2D eigenvalue weighted by Gasteiger charge is -2.24. The first-order chi connectivity index (χ1) is 5.81. The molecule has 0 N–H and O–H groups in total. The quantitative estimate of drug-likeness (QED) is 0.609. The van der Waals surface area contributed by atoms with E-state index in [2.05, 4.69) is 0 Å². The van der Waals surface area contributed by atoms with Crippen LogP contribution in [0.25, 0.3) is 0 Å². The molecule has 68 valence electrons. The van der Waals surface area contributed by atoms with Crippen LogP contribution in [0.1, 0.15) is 12.8 Å². The Hall–Kier alpha value is -0.410. The van der Waals surface area contributed by atoms with Crippen LogP contribution in [-0.2, 0) is 14.3 Å². The molecule has 12 heavy (non-hydrogen) atoms. The van der Waals surface area contributed by atoms with Crippen LogP contribution in [0, 0.1) is 11.8 Å². The Balaban J connectivity index is 2.02. The van der Waals surface area contributed by atoms with Gasteiger partial charge in [0.1, 0.15) is 6.10 Å². The number of hydrogen-bond acceptors (Lipinski definition) is 3.